The average molecular weight is 411 g/mol. The summed E-state index contributed by atoms with van der Waals surface area (Å²) < 4.78 is 19.0. The highest BCUT2D eigenvalue weighted by Crippen LogP contribution is 2.24. The van der Waals surface area contributed by atoms with Gasteiger partial charge in [-0.1, -0.05) is 43.3 Å². The molecule has 30 heavy (non-hydrogen) atoms. The van der Waals surface area contributed by atoms with Crippen LogP contribution in [0.25, 0.3) is 0 Å². The summed E-state index contributed by atoms with van der Waals surface area (Å²) in [5.41, 5.74) is 3.72. The fraction of sp³-hybridized carbons (Fsp3) is 0.304. The maximum Gasteiger partial charge on any atom is 0.337 e. The van der Waals surface area contributed by atoms with Crippen molar-refractivity contribution in [1.82, 2.24) is 16.0 Å². The van der Waals surface area contributed by atoms with Crippen LogP contribution in [0.4, 0.5) is 9.18 Å². The van der Waals surface area contributed by atoms with E-state index in [1.165, 1.54) is 17.7 Å². The number of carbonyl (C=O) groups is 2. The van der Waals surface area contributed by atoms with Crippen molar-refractivity contribution in [3.63, 3.8) is 0 Å². The molecule has 0 saturated heterocycles. The second-order valence-corrected chi connectivity index (χ2v) is 6.95. The minimum atomic E-state index is -0.476. The van der Waals surface area contributed by atoms with Crippen molar-refractivity contribution in [1.29, 1.82) is 0 Å². The van der Waals surface area contributed by atoms with Crippen LogP contribution in [-0.2, 0) is 16.0 Å². The zero-order chi connectivity index (χ0) is 21.5. The molecule has 0 unspecified atom stereocenters. The molecule has 6 nitrogen and oxygen atoms in total. The van der Waals surface area contributed by atoms with Gasteiger partial charge in [0.05, 0.1) is 24.8 Å². The van der Waals surface area contributed by atoms with E-state index in [9.17, 15) is 14.0 Å². The molecule has 158 valence electrons. The van der Waals surface area contributed by atoms with Gasteiger partial charge in [0.25, 0.3) is 0 Å². The van der Waals surface area contributed by atoms with Crippen LogP contribution in [0.1, 0.15) is 36.6 Å². The van der Waals surface area contributed by atoms with E-state index in [0.717, 1.165) is 17.5 Å². The van der Waals surface area contributed by atoms with Crippen LogP contribution in [0, 0.1) is 5.82 Å². The van der Waals surface area contributed by atoms with Crippen LogP contribution < -0.4 is 16.0 Å². The van der Waals surface area contributed by atoms with Crippen LogP contribution in [-0.4, -0.2) is 31.7 Å². The van der Waals surface area contributed by atoms with E-state index < -0.39 is 5.97 Å². The molecule has 3 N–H and O–H groups in total. The molecule has 0 radical (unpaired) electrons. The molecule has 0 fully saturated rings. The van der Waals surface area contributed by atoms with E-state index in [4.69, 9.17) is 4.74 Å². The Labute approximate surface area is 175 Å². The number of hydrogen-bond acceptors (Lipinski definition) is 4. The predicted octanol–water partition coefficient (Wildman–Crippen LogP) is 3.20. The highest BCUT2D eigenvalue weighted by Gasteiger charge is 2.24. The Morgan fingerprint density at radius 1 is 1.17 bits per heavy atom. The van der Waals surface area contributed by atoms with Gasteiger partial charge < -0.3 is 20.7 Å². The van der Waals surface area contributed by atoms with Crippen molar-refractivity contribution in [2.75, 3.05) is 19.7 Å². The number of ether oxygens (including phenoxy) is 1. The number of halogens is 1. The number of esters is 1. The summed E-state index contributed by atoms with van der Waals surface area (Å²) in [4.78, 5) is 24.1. The van der Waals surface area contributed by atoms with E-state index in [2.05, 4.69) is 22.9 Å². The fourth-order valence-electron chi connectivity index (χ4n) is 3.36. The molecule has 1 heterocycles. The Morgan fingerprint density at radius 2 is 1.93 bits per heavy atom. The van der Waals surface area contributed by atoms with Gasteiger partial charge in [-0.25, -0.2) is 14.0 Å². The van der Waals surface area contributed by atoms with Crippen molar-refractivity contribution in [3.8, 4) is 0 Å². The molecular formula is C23H26FN3O3. The number of amides is 2. The van der Waals surface area contributed by atoms with Crippen molar-refractivity contribution in [2.45, 2.75) is 26.3 Å². The standard InChI is InChI=1S/C23H26FN3O3/c1-3-15-8-10-16(11-9-15)21(17-6-5-7-18(24)12-17)25-14-20-19(22(28)30-4-2)13-26-23(29)27-20/h5-12,21,25H,3-4,13-14H2,1-2H3,(H2,26,27,29)/t21-/m1/s1. The topological polar surface area (TPSA) is 79.5 Å². The van der Waals surface area contributed by atoms with Gasteiger partial charge in [0.1, 0.15) is 5.82 Å². The molecule has 2 aromatic rings. The minimum absolute atomic E-state index is 0.0948. The van der Waals surface area contributed by atoms with Crippen LogP contribution in [0.5, 0.6) is 0 Å². The number of urea groups is 1. The molecule has 3 rings (SSSR count). The molecule has 0 spiro atoms. The van der Waals surface area contributed by atoms with Crippen molar-refractivity contribution in [3.05, 3.63) is 82.3 Å². The summed E-state index contributed by atoms with van der Waals surface area (Å²) in [5, 5.41) is 8.63. The van der Waals surface area contributed by atoms with Gasteiger partial charge >= 0.3 is 12.0 Å². The van der Waals surface area contributed by atoms with Gasteiger partial charge in [-0.2, -0.15) is 0 Å². The third kappa shape index (κ3) is 5.24. The summed E-state index contributed by atoms with van der Waals surface area (Å²) in [6.07, 6.45) is 0.924. The summed E-state index contributed by atoms with van der Waals surface area (Å²) >= 11 is 0. The number of aryl methyl sites for hydroxylation is 1. The molecule has 0 bridgehead atoms. The van der Waals surface area contributed by atoms with Crippen molar-refractivity contribution < 1.29 is 18.7 Å². The van der Waals surface area contributed by atoms with Gasteiger partial charge in [-0.15, -0.1) is 0 Å². The summed E-state index contributed by atoms with van der Waals surface area (Å²) in [6, 6.07) is 13.8. The highest BCUT2D eigenvalue weighted by molar-refractivity contribution is 5.93. The van der Waals surface area contributed by atoms with Crippen LogP contribution in [0.15, 0.2) is 59.8 Å². The van der Waals surface area contributed by atoms with E-state index in [1.54, 1.807) is 13.0 Å². The smallest absolute Gasteiger partial charge is 0.337 e. The van der Waals surface area contributed by atoms with E-state index in [1.807, 2.05) is 30.3 Å². The molecule has 2 aromatic carbocycles. The first kappa shape index (κ1) is 21.5. The lowest BCUT2D eigenvalue weighted by Crippen LogP contribution is -2.46. The van der Waals surface area contributed by atoms with E-state index >= 15 is 0 Å². The maximum atomic E-state index is 13.9. The Balaban J connectivity index is 1.90. The monoisotopic (exact) mass is 411 g/mol. The van der Waals surface area contributed by atoms with Gasteiger partial charge in [-0.3, -0.25) is 0 Å². The summed E-state index contributed by atoms with van der Waals surface area (Å²) in [5.74, 6) is -0.803. The molecule has 1 atom stereocenters. The molecular weight excluding hydrogens is 385 g/mol. The number of benzene rings is 2. The third-order valence-electron chi connectivity index (χ3n) is 4.96. The van der Waals surface area contributed by atoms with E-state index in [0.29, 0.717) is 11.3 Å². The summed E-state index contributed by atoms with van der Waals surface area (Å²) in [7, 11) is 0. The Hall–Kier alpha value is -3.19. The first-order valence-corrected chi connectivity index (χ1v) is 10.0. The molecule has 1 aliphatic rings. The lowest BCUT2D eigenvalue weighted by atomic mass is 9.97. The van der Waals surface area contributed by atoms with Gasteiger partial charge in [0.15, 0.2) is 0 Å². The highest BCUT2D eigenvalue weighted by atomic mass is 19.1. The normalized spacial score (nSPS) is 14.7. The molecule has 2 amide bonds. The van der Waals surface area contributed by atoms with Gasteiger partial charge in [-0.05, 0) is 42.2 Å². The largest absolute Gasteiger partial charge is 0.463 e. The van der Waals surface area contributed by atoms with Crippen LogP contribution in [0.3, 0.4) is 0 Å². The molecule has 0 aliphatic carbocycles. The number of carbonyl (C=O) groups excluding carboxylic acids is 2. The Bertz CT molecular complexity index is 941. The lowest BCUT2D eigenvalue weighted by molar-refractivity contribution is -0.138. The predicted molar refractivity (Wildman–Crippen MR) is 112 cm³/mol. The molecule has 0 saturated carbocycles. The molecule has 7 heteroatoms. The first-order chi connectivity index (χ1) is 14.5. The quantitative estimate of drug-likeness (QED) is 0.583. The first-order valence-electron chi connectivity index (χ1n) is 10.0. The fourth-order valence-corrected chi connectivity index (χ4v) is 3.36. The van der Waals surface area contributed by atoms with Crippen molar-refractivity contribution >= 4 is 12.0 Å². The van der Waals surface area contributed by atoms with Crippen LogP contribution in [0.2, 0.25) is 0 Å². The number of rotatable bonds is 8. The van der Waals surface area contributed by atoms with Crippen LogP contribution >= 0.6 is 0 Å². The summed E-state index contributed by atoms with van der Waals surface area (Å²) in [6.45, 7) is 4.36. The maximum absolute atomic E-state index is 13.9. The average Bonchev–Trinajstić information content (AvgIpc) is 2.74. The van der Waals surface area contributed by atoms with Gasteiger partial charge in [0.2, 0.25) is 0 Å². The number of hydrogen-bond donors (Lipinski definition) is 3. The minimum Gasteiger partial charge on any atom is -0.463 e. The van der Waals surface area contributed by atoms with E-state index in [-0.39, 0.29) is 37.6 Å². The molecule has 0 aromatic heterocycles. The Kier molecular flexibility index (Phi) is 7.19. The number of nitrogens with one attached hydrogen (secondary N) is 3. The molecule has 1 aliphatic heterocycles. The zero-order valence-electron chi connectivity index (χ0n) is 17.1. The van der Waals surface area contributed by atoms with Crippen molar-refractivity contribution in [2.24, 2.45) is 0 Å². The van der Waals surface area contributed by atoms with Gasteiger partial charge in [0, 0.05) is 12.2 Å². The second-order valence-electron chi connectivity index (χ2n) is 6.95. The Morgan fingerprint density at radius 3 is 2.60 bits per heavy atom. The lowest BCUT2D eigenvalue weighted by Gasteiger charge is -2.25. The third-order valence-corrected chi connectivity index (χ3v) is 4.96. The zero-order valence-corrected chi connectivity index (χ0v) is 17.1. The second kappa shape index (κ2) is 10.0. The SMILES string of the molecule is CCOC(=O)C1=C(CN[C@H](c2ccc(CC)cc2)c2cccc(F)c2)NC(=O)NC1.